The van der Waals surface area contributed by atoms with Crippen LogP contribution in [-0.4, -0.2) is 75.5 Å². The van der Waals surface area contributed by atoms with Gasteiger partial charge in [-0.05, 0) is 11.4 Å². The van der Waals surface area contributed by atoms with Crippen molar-refractivity contribution < 1.29 is 30.0 Å². The number of hydrogen-bond donors (Lipinski definition) is 5. The van der Waals surface area contributed by atoms with Crippen molar-refractivity contribution in [3.05, 3.63) is 58.0 Å². The van der Waals surface area contributed by atoms with Crippen molar-refractivity contribution in [1.82, 2.24) is 10.2 Å². The average molecular weight is 435 g/mol. The van der Waals surface area contributed by atoms with E-state index in [1.807, 2.05) is 5.38 Å². The molecule has 30 heavy (non-hydrogen) atoms. The Labute approximate surface area is 178 Å². The van der Waals surface area contributed by atoms with Crippen LogP contribution in [0.5, 0.6) is 0 Å². The zero-order valence-electron chi connectivity index (χ0n) is 16.6. The fraction of sp³-hybridized carbons (Fsp3) is 0.429. The lowest BCUT2D eigenvalue weighted by Gasteiger charge is -2.38. The van der Waals surface area contributed by atoms with Gasteiger partial charge in [0.2, 0.25) is 0 Å². The van der Waals surface area contributed by atoms with Crippen LogP contribution >= 0.6 is 11.3 Å². The molecule has 3 atom stereocenters. The smallest absolute Gasteiger partial charge is 0.261 e. The first kappa shape index (κ1) is 22.4. The predicted octanol–water partition coefficient (Wildman–Crippen LogP) is 0.449. The number of aliphatic hydroxyl groups is 4. The number of rotatable bonds is 8. The van der Waals surface area contributed by atoms with Crippen molar-refractivity contribution >= 4 is 23.0 Å². The Morgan fingerprint density at radius 3 is 2.47 bits per heavy atom. The summed E-state index contributed by atoms with van der Waals surface area (Å²) in [6.07, 6.45) is 6.89. The number of fused-ring (bicyclic) bond motifs is 1. The minimum atomic E-state index is -1.39. The highest BCUT2D eigenvalue weighted by atomic mass is 32.1. The summed E-state index contributed by atoms with van der Waals surface area (Å²) in [6, 6.07) is 2.56. The Kier molecular flexibility index (Phi) is 6.89. The summed E-state index contributed by atoms with van der Waals surface area (Å²) in [4.78, 5) is 28.0. The Morgan fingerprint density at radius 1 is 1.20 bits per heavy atom. The number of amides is 1. The van der Waals surface area contributed by atoms with Crippen molar-refractivity contribution in [3.8, 4) is 0 Å². The third kappa shape index (κ3) is 4.12. The molecule has 0 spiro atoms. The number of piperidine rings is 1. The van der Waals surface area contributed by atoms with Crippen LogP contribution in [0.2, 0.25) is 0 Å². The molecule has 8 nitrogen and oxygen atoms in total. The van der Waals surface area contributed by atoms with E-state index in [0.29, 0.717) is 0 Å². The van der Waals surface area contributed by atoms with Crippen LogP contribution in [0.4, 0.5) is 0 Å². The second-order valence-corrected chi connectivity index (χ2v) is 8.54. The van der Waals surface area contributed by atoms with E-state index in [4.69, 9.17) is 0 Å². The van der Waals surface area contributed by atoms with E-state index < -0.39 is 49.0 Å². The molecular formula is C21H26N2O6S. The van der Waals surface area contributed by atoms with Gasteiger partial charge in [0.1, 0.15) is 11.3 Å². The maximum atomic E-state index is 13.0. The number of hydrogen-bond acceptors (Lipinski definition) is 8. The molecule has 0 radical (unpaired) electrons. The van der Waals surface area contributed by atoms with E-state index in [1.54, 1.807) is 43.5 Å². The Morgan fingerprint density at radius 2 is 1.87 bits per heavy atom. The van der Waals surface area contributed by atoms with Crippen LogP contribution in [0.1, 0.15) is 17.3 Å². The van der Waals surface area contributed by atoms with Gasteiger partial charge in [-0.2, -0.15) is 0 Å². The number of carbonyl (C=O) groups excluding carboxylic acids is 2. The van der Waals surface area contributed by atoms with E-state index in [0.717, 1.165) is 4.88 Å². The molecule has 2 heterocycles. The summed E-state index contributed by atoms with van der Waals surface area (Å²) < 4.78 is 0. The van der Waals surface area contributed by atoms with Crippen molar-refractivity contribution in [2.45, 2.75) is 24.0 Å². The fourth-order valence-electron chi connectivity index (χ4n) is 3.72. The first-order valence-electron chi connectivity index (χ1n) is 9.59. The highest BCUT2D eigenvalue weighted by molar-refractivity contribution is 7.10. The lowest BCUT2D eigenvalue weighted by atomic mass is 9.81. The average Bonchev–Trinajstić information content (AvgIpc) is 3.30. The molecule has 0 bridgehead atoms. The molecule has 5 N–H and O–H groups in total. The van der Waals surface area contributed by atoms with Crippen LogP contribution in [0, 0.1) is 5.92 Å². The quantitative estimate of drug-likeness (QED) is 0.228. The zero-order chi connectivity index (χ0) is 21.9. The Balaban J connectivity index is 1.94. The van der Waals surface area contributed by atoms with Gasteiger partial charge in [-0.25, -0.2) is 0 Å². The van der Waals surface area contributed by atoms with Gasteiger partial charge < -0.3 is 25.3 Å². The molecule has 3 rings (SSSR count). The molecule has 0 saturated carbocycles. The molecule has 0 aromatic carbocycles. The standard InChI is InChI=1S/C21H26N2O6S/c1-23-15-6-3-2-5-13(15)19(28)18(20(23)29)16(27)9-14(17-7-4-8-30-17)22-21(10-24,11-25)12-26/h2-8,13-15,22,24-27H,9-12H2,1H3/b18-16+/t13-,14+,15+/m1/s1. The molecule has 1 amide bonds. The summed E-state index contributed by atoms with van der Waals surface area (Å²) in [7, 11) is 1.59. The number of Topliss-reactive ketones (excluding diaryl/α,β-unsaturated/α-hetero) is 1. The summed E-state index contributed by atoms with van der Waals surface area (Å²) in [6.45, 7) is -1.62. The first-order valence-corrected chi connectivity index (χ1v) is 10.5. The Bertz CT molecular complexity index is 864. The molecule has 1 aliphatic heterocycles. The van der Waals surface area contributed by atoms with Gasteiger partial charge in [-0.15, -0.1) is 11.3 Å². The van der Waals surface area contributed by atoms with Crippen LogP contribution in [0.15, 0.2) is 53.1 Å². The summed E-state index contributed by atoms with van der Waals surface area (Å²) in [5, 5.41) is 44.7. The molecule has 162 valence electrons. The first-order chi connectivity index (χ1) is 14.4. The highest BCUT2D eigenvalue weighted by Crippen LogP contribution is 2.33. The molecule has 1 aromatic rings. The van der Waals surface area contributed by atoms with Crippen molar-refractivity contribution in [2.75, 3.05) is 26.9 Å². The third-order valence-electron chi connectivity index (χ3n) is 5.60. The van der Waals surface area contributed by atoms with Crippen LogP contribution in [-0.2, 0) is 9.59 Å². The maximum absolute atomic E-state index is 13.0. The fourth-order valence-corrected chi connectivity index (χ4v) is 4.50. The number of likely N-dealkylation sites (N-methyl/N-ethyl adjacent to an activating group) is 1. The number of carbonyl (C=O) groups is 2. The van der Waals surface area contributed by atoms with Gasteiger partial charge in [0, 0.05) is 24.4 Å². The van der Waals surface area contributed by atoms with E-state index >= 15 is 0 Å². The van der Waals surface area contributed by atoms with E-state index in [2.05, 4.69) is 5.32 Å². The number of likely N-dealkylation sites (tertiary alicyclic amines) is 1. The minimum absolute atomic E-state index is 0.125. The topological polar surface area (TPSA) is 130 Å². The van der Waals surface area contributed by atoms with Crippen LogP contribution in [0.3, 0.4) is 0 Å². The summed E-state index contributed by atoms with van der Waals surface area (Å²) in [5.74, 6) is -1.92. The second-order valence-electron chi connectivity index (χ2n) is 7.56. The zero-order valence-corrected chi connectivity index (χ0v) is 17.4. The molecule has 0 unspecified atom stereocenters. The van der Waals surface area contributed by atoms with Crippen molar-refractivity contribution in [2.24, 2.45) is 5.92 Å². The van der Waals surface area contributed by atoms with Gasteiger partial charge in [-0.1, -0.05) is 30.4 Å². The summed E-state index contributed by atoms with van der Waals surface area (Å²) in [5.41, 5.74) is -1.65. The van der Waals surface area contributed by atoms with Crippen molar-refractivity contribution in [1.29, 1.82) is 0 Å². The number of nitrogens with zero attached hydrogens (tertiary/aromatic N) is 1. The van der Waals surface area contributed by atoms with Crippen LogP contribution in [0.25, 0.3) is 0 Å². The largest absolute Gasteiger partial charge is 0.511 e. The van der Waals surface area contributed by atoms with Gasteiger partial charge >= 0.3 is 0 Å². The number of aliphatic hydroxyl groups excluding tert-OH is 4. The van der Waals surface area contributed by atoms with Gasteiger partial charge in [0.15, 0.2) is 5.78 Å². The number of nitrogens with one attached hydrogen (secondary N) is 1. The predicted molar refractivity (Wildman–Crippen MR) is 112 cm³/mol. The Hall–Kier alpha value is -2.30. The summed E-state index contributed by atoms with van der Waals surface area (Å²) >= 11 is 1.37. The number of thiophene rings is 1. The van der Waals surface area contributed by atoms with E-state index in [-0.39, 0.29) is 23.8 Å². The maximum Gasteiger partial charge on any atom is 0.261 e. The van der Waals surface area contributed by atoms with Crippen LogP contribution < -0.4 is 5.32 Å². The minimum Gasteiger partial charge on any atom is -0.511 e. The number of ketones is 1. The molecule has 1 aromatic heterocycles. The lowest BCUT2D eigenvalue weighted by Crippen LogP contribution is -2.56. The molecule has 2 aliphatic rings. The number of allylic oxidation sites excluding steroid dienone is 2. The molecule has 9 heteroatoms. The second kappa shape index (κ2) is 9.23. The van der Waals surface area contributed by atoms with E-state index in [1.165, 1.54) is 16.2 Å². The molecular weight excluding hydrogens is 408 g/mol. The van der Waals surface area contributed by atoms with Gasteiger partial charge in [0.05, 0.1) is 37.3 Å². The van der Waals surface area contributed by atoms with Crippen molar-refractivity contribution in [3.63, 3.8) is 0 Å². The normalized spacial score (nSPS) is 24.2. The van der Waals surface area contributed by atoms with Gasteiger partial charge in [-0.3, -0.25) is 14.9 Å². The lowest BCUT2D eigenvalue weighted by molar-refractivity contribution is -0.136. The SMILES string of the molecule is CN1C(=O)/C(=C(/O)C[C@H](NC(CO)(CO)CO)c2cccs2)C(=O)[C@@H]2C=CC=C[C@@H]21. The third-order valence-corrected chi connectivity index (χ3v) is 6.58. The monoisotopic (exact) mass is 434 g/mol. The molecule has 1 aliphatic carbocycles. The van der Waals surface area contributed by atoms with Gasteiger partial charge in [0.25, 0.3) is 5.91 Å². The molecule has 1 saturated heterocycles. The molecule has 1 fully saturated rings. The van der Waals surface area contributed by atoms with E-state index in [9.17, 15) is 30.0 Å². The highest BCUT2D eigenvalue weighted by Gasteiger charge is 2.43.